The van der Waals surface area contributed by atoms with Gasteiger partial charge in [-0.25, -0.2) is 4.79 Å². The predicted octanol–water partition coefficient (Wildman–Crippen LogP) is 2.51. The van der Waals surface area contributed by atoms with Crippen LogP contribution in [0.1, 0.15) is 10.4 Å². The van der Waals surface area contributed by atoms with E-state index in [4.69, 9.17) is 28.3 Å². The number of aromatic carboxylic acids is 1. The third-order valence-electron chi connectivity index (χ3n) is 1.07. The van der Waals surface area contributed by atoms with Gasteiger partial charge in [0, 0.05) is 12.4 Å². The number of halogens is 3. The summed E-state index contributed by atoms with van der Waals surface area (Å²) in [6.45, 7) is 0. The zero-order valence-electron chi connectivity index (χ0n) is 5.62. The van der Waals surface area contributed by atoms with Gasteiger partial charge in [-0.3, -0.25) is 4.98 Å². The molecule has 0 spiro atoms. The monoisotopic (exact) mass is 227 g/mol. The van der Waals surface area contributed by atoms with E-state index in [1.165, 1.54) is 12.4 Å². The summed E-state index contributed by atoms with van der Waals surface area (Å²) in [5.74, 6) is -1.15. The van der Waals surface area contributed by atoms with Crippen LogP contribution in [0.15, 0.2) is 12.4 Å². The molecule has 1 aromatic rings. The van der Waals surface area contributed by atoms with Gasteiger partial charge in [-0.1, -0.05) is 23.2 Å². The SMILES string of the molecule is Cl.O=C(O)c1c(Cl)cncc1Cl. The summed E-state index contributed by atoms with van der Waals surface area (Å²) in [6, 6.07) is 0. The summed E-state index contributed by atoms with van der Waals surface area (Å²) in [7, 11) is 0. The van der Waals surface area contributed by atoms with Crippen molar-refractivity contribution in [3.63, 3.8) is 0 Å². The lowest BCUT2D eigenvalue weighted by atomic mass is 10.3. The quantitative estimate of drug-likeness (QED) is 0.803. The minimum absolute atomic E-state index is 0. The maximum atomic E-state index is 10.4. The van der Waals surface area contributed by atoms with Gasteiger partial charge in [-0.05, 0) is 0 Å². The molecule has 0 aromatic carbocycles. The molecule has 0 aliphatic rings. The standard InChI is InChI=1S/C6H3Cl2NO2.ClH/c7-3-1-9-2-4(8)5(3)6(10)11;/h1-2H,(H,10,11);1H. The Kier molecular flexibility index (Phi) is 4.31. The van der Waals surface area contributed by atoms with Gasteiger partial charge in [-0.2, -0.15) is 0 Å². The van der Waals surface area contributed by atoms with Gasteiger partial charge in [0.1, 0.15) is 0 Å². The molecule has 0 atom stereocenters. The normalized spacial score (nSPS) is 8.83. The molecule has 1 N–H and O–H groups in total. The van der Waals surface area contributed by atoms with Crippen molar-refractivity contribution in [3.8, 4) is 0 Å². The molecule has 0 aliphatic carbocycles. The number of pyridine rings is 1. The van der Waals surface area contributed by atoms with E-state index in [9.17, 15) is 4.79 Å². The smallest absolute Gasteiger partial charge is 0.338 e. The molecule has 0 aliphatic heterocycles. The van der Waals surface area contributed by atoms with Crippen molar-refractivity contribution >= 4 is 41.6 Å². The molecule has 0 amide bonds. The molecule has 0 bridgehead atoms. The van der Waals surface area contributed by atoms with Crippen molar-refractivity contribution in [2.75, 3.05) is 0 Å². The van der Waals surface area contributed by atoms with Crippen LogP contribution in [0.5, 0.6) is 0 Å². The maximum Gasteiger partial charge on any atom is 0.338 e. The fraction of sp³-hybridized carbons (Fsp3) is 0. The van der Waals surface area contributed by atoms with Crippen molar-refractivity contribution in [1.82, 2.24) is 4.98 Å². The lowest BCUT2D eigenvalue weighted by Crippen LogP contribution is -1.98. The lowest BCUT2D eigenvalue weighted by Gasteiger charge is -1.98. The molecule has 1 heterocycles. The van der Waals surface area contributed by atoms with Crippen molar-refractivity contribution < 1.29 is 9.90 Å². The molecule has 0 fully saturated rings. The molecule has 1 rings (SSSR count). The zero-order valence-corrected chi connectivity index (χ0v) is 7.95. The van der Waals surface area contributed by atoms with Crippen LogP contribution in [0.2, 0.25) is 10.0 Å². The van der Waals surface area contributed by atoms with Crippen LogP contribution in [0.25, 0.3) is 0 Å². The maximum absolute atomic E-state index is 10.4. The molecule has 0 saturated carbocycles. The summed E-state index contributed by atoms with van der Waals surface area (Å²) in [4.78, 5) is 14.0. The highest BCUT2D eigenvalue weighted by molar-refractivity contribution is 6.38. The fourth-order valence-corrected chi connectivity index (χ4v) is 1.14. The second-order valence-corrected chi connectivity index (χ2v) is 2.60. The van der Waals surface area contributed by atoms with Crippen molar-refractivity contribution in [2.45, 2.75) is 0 Å². The molecule has 66 valence electrons. The Hall–Kier alpha value is -0.510. The first kappa shape index (κ1) is 11.5. The summed E-state index contributed by atoms with van der Waals surface area (Å²) < 4.78 is 0. The first-order valence-corrected chi connectivity index (χ1v) is 3.41. The van der Waals surface area contributed by atoms with E-state index in [0.717, 1.165) is 0 Å². The fourth-order valence-electron chi connectivity index (χ4n) is 0.616. The highest BCUT2D eigenvalue weighted by Gasteiger charge is 2.12. The van der Waals surface area contributed by atoms with E-state index in [1.54, 1.807) is 0 Å². The minimum Gasteiger partial charge on any atom is -0.478 e. The summed E-state index contributed by atoms with van der Waals surface area (Å²) >= 11 is 11.0. The second-order valence-electron chi connectivity index (χ2n) is 1.78. The number of rotatable bonds is 1. The van der Waals surface area contributed by atoms with E-state index in [-0.39, 0.29) is 28.0 Å². The van der Waals surface area contributed by atoms with Gasteiger partial charge >= 0.3 is 5.97 Å². The van der Waals surface area contributed by atoms with Crippen LogP contribution < -0.4 is 0 Å². The molecule has 0 saturated heterocycles. The van der Waals surface area contributed by atoms with Gasteiger partial charge in [0.15, 0.2) is 0 Å². The molecule has 0 unspecified atom stereocenters. The average Bonchev–Trinajstić information content (AvgIpc) is 1.85. The number of carbonyl (C=O) groups is 1. The largest absolute Gasteiger partial charge is 0.478 e. The number of hydrogen-bond acceptors (Lipinski definition) is 2. The Labute approximate surface area is 84.7 Å². The Morgan fingerprint density at radius 3 is 2.00 bits per heavy atom. The summed E-state index contributed by atoms with van der Waals surface area (Å²) in [6.07, 6.45) is 2.47. The van der Waals surface area contributed by atoms with Gasteiger partial charge in [0.25, 0.3) is 0 Å². The van der Waals surface area contributed by atoms with E-state index < -0.39 is 5.97 Å². The molecule has 6 heteroatoms. The van der Waals surface area contributed by atoms with E-state index in [2.05, 4.69) is 4.98 Å². The van der Waals surface area contributed by atoms with Crippen LogP contribution in [0.4, 0.5) is 0 Å². The van der Waals surface area contributed by atoms with Crippen LogP contribution in [-0.2, 0) is 0 Å². The number of aromatic nitrogens is 1. The first-order valence-electron chi connectivity index (χ1n) is 2.65. The van der Waals surface area contributed by atoms with Gasteiger partial charge in [0.05, 0.1) is 15.6 Å². The number of carboxylic acids is 1. The van der Waals surface area contributed by atoms with E-state index in [1.807, 2.05) is 0 Å². The van der Waals surface area contributed by atoms with Crippen molar-refractivity contribution in [2.24, 2.45) is 0 Å². The van der Waals surface area contributed by atoms with Gasteiger partial charge in [0.2, 0.25) is 0 Å². The first-order chi connectivity index (χ1) is 5.13. The number of carboxylic acid groups (broad SMARTS) is 1. The average molecular weight is 228 g/mol. The Balaban J connectivity index is 0.00000121. The van der Waals surface area contributed by atoms with Gasteiger partial charge in [-0.15, -0.1) is 12.4 Å². The van der Waals surface area contributed by atoms with Crippen LogP contribution in [0, 0.1) is 0 Å². The lowest BCUT2D eigenvalue weighted by molar-refractivity contribution is 0.0697. The number of nitrogens with zero attached hydrogens (tertiary/aromatic N) is 1. The molecular weight excluding hydrogens is 224 g/mol. The molecule has 0 radical (unpaired) electrons. The Morgan fingerprint density at radius 2 is 1.75 bits per heavy atom. The molecule has 3 nitrogen and oxygen atoms in total. The molecule has 1 aromatic heterocycles. The number of hydrogen-bond donors (Lipinski definition) is 1. The Bertz CT molecular complexity index is 283. The van der Waals surface area contributed by atoms with E-state index >= 15 is 0 Å². The van der Waals surface area contributed by atoms with Crippen LogP contribution >= 0.6 is 35.6 Å². The zero-order chi connectivity index (χ0) is 8.43. The predicted molar refractivity (Wildman–Crippen MR) is 48.5 cm³/mol. The van der Waals surface area contributed by atoms with Crippen LogP contribution in [-0.4, -0.2) is 16.1 Å². The third-order valence-corrected chi connectivity index (χ3v) is 1.64. The molecular formula is C6H4Cl3NO2. The van der Waals surface area contributed by atoms with Crippen LogP contribution in [0.3, 0.4) is 0 Å². The molecule has 12 heavy (non-hydrogen) atoms. The Morgan fingerprint density at radius 1 is 1.33 bits per heavy atom. The van der Waals surface area contributed by atoms with E-state index in [0.29, 0.717) is 0 Å². The minimum atomic E-state index is -1.15. The summed E-state index contributed by atoms with van der Waals surface area (Å²) in [5.41, 5.74) is -0.108. The topological polar surface area (TPSA) is 50.2 Å². The van der Waals surface area contributed by atoms with Crippen molar-refractivity contribution in [3.05, 3.63) is 28.0 Å². The third kappa shape index (κ3) is 2.24. The van der Waals surface area contributed by atoms with Crippen molar-refractivity contribution in [1.29, 1.82) is 0 Å². The highest BCUT2D eigenvalue weighted by Crippen LogP contribution is 2.22. The second kappa shape index (κ2) is 4.50. The highest BCUT2D eigenvalue weighted by atomic mass is 35.5. The van der Waals surface area contributed by atoms with Gasteiger partial charge < -0.3 is 5.11 Å². The summed E-state index contributed by atoms with van der Waals surface area (Å²) in [5, 5.41) is 8.64.